The van der Waals surface area contributed by atoms with Crippen molar-refractivity contribution in [1.82, 2.24) is 14.7 Å². The first-order chi connectivity index (χ1) is 17.4. The van der Waals surface area contributed by atoms with Crippen LogP contribution in [-0.4, -0.2) is 27.1 Å². The third-order valence-corrected chi connectivity index (χ3v) is 5.76. The van der Waals surface area contributed by atoms with Gasteiger partial charge in [0.2, 0.25) is 5.88 Å². The first-order valence-corrected chi connectivity index (χ1v) is 12.0. The van der Waals surface area contributed by atoms with Crippen LogP contribution in [0.25, 0.3) is 5.69 Å². The highest BCUT2D eigenvalue weighted by Gasteiger charge is 2.27. The number of hydrogen-bond donors (Lipinski definition) is 0. The van der Waals surface area contributed by atoms with Crippen molar-refractivity contribution < 1.29 is 18.3 Å². The first kappa shape index (κ1) is 25.1. The minimum Gasteiger partial charge on any atom is -0.438 e. The minimum absolute atomic E-state index is 0.00635. The van der Waals surface area contributed by atoms with E-state index in [1.807, 2.05) is 51.1 Å². The second kappa shape index (κ2) is 11.2. The van der Waals surface area contributed by atoms with Crippen LogP contribution < -0.4 is 4.74 Å². The number of para-hydroxylation sites is 1. The van der Waals surface area contributed by atoms with Crippen molar-refractivity contribution in [3.8, 4) is 17.3 Å². The largest absolute Gasteiger partial charge is 0.438 e. The first-order valence-electron chi connectivity index (χ1n) is 12.0. The summed E-state index contributed by atoms with van der Waals surface area (Å²) >= 11 is 0. The van der Waals surface area contributed by atoms with Crippen LogP contribution in [0.4, 0.5) is 8.78 Å². The predicted octanol–water partition coefficient (Wildman–Crippen LogP) is 7.12. The van der Waals surface area contributed by atoms with Crippen molar-refractivity contribution in [1.29, 1.82) is 0 Å². The third-order valence-electron chi connectivity index (χ3n) is 5.76. The molecule has 0 aliphatic rings. The number of ether oxygens (including phenoxy) is 1. The van der Waals surface area contributed by atoms with Crippen LogP contribution >= 0.6 is 0 Å². The van der Waals surface area contributed by atoms with Crippen molar-refractivity contribution >= 4 is 5.91 Å². The van der Waals surface area contributed by atoms with Crippen LogP contribution in [0.15, 0.2) is 78.9 Å². The molecule has 0 bridgehead atoms. The van der Waals surface area contributed by atoms with Gasteiger partial charge in [0.05, 0.1) is 29.1 Å². The van der Waals surface area contributed by atoms with Gasteiger partial charge in [-0.3, -0.25) is 4.79 Å². The highest BCUT2D eigenvalue weighted by atomic mass is 19.1. The molecule has 3 aromatic carbocycles. The van der Waals surface area contributed by atoms with Crippen LogP contribution in [0, 0.1) is 11.6 Å². The maximum atomic E-state index is 14.5. The number of nitrogens with zero attached hydrogens (tertiary/aromatic N) is 3. The normalized spacial score (nSPS) is 11.1. The topological polar surface area (TPSA) is 47.4 Å². The van der Waals surface area contributed by atoms with Crippen LogP contribution in [-0.2, 0) is 6.54 Å². The molecule has 4 rings (SSSR count). The van der Waals surface area contributed by atoms with E-state index in [-0.39, 0.29) is 18.0 Å². The van der Waals surface area contributed by atoms with Crippen molar-refractivity contribution in [2.45, 2.75) is 39.7 Å². The van der Waals surface area contributed by atoms with Gasteiger partial charge in [-0.15, -0.1) is 0 Å². The SMILES string of the molecule is CCCN(Cc1c(C(C)C)nn(-c2ccccc2)c1Oc1cccc(F)c1)C(=O)c1ccccc1F. The number of carbonyl (C=O) groups excluding carboxylic acids is 1. The standard InChI is InChI=1S/C29H29F2N3O2/c1-4-17-33(28(35)24-15-8-9-16-26(24)31)19-25-27(20(2)3)32-34(22-12-6-5-7-13-22)29(25)36-23-14-10-11-21(30)18-23/h5-16,18,20H,4,17,19H2,1-3H3. The van der Waals surface area contributed by atoms with Crippen LogP contribution in [0.2, 0.25) is 0 Å². The van der Waals surface area contributed by atoms with E-state index in [0.29, 0.717) is 30.2 Å². The molecule has 0 aliphatic heterocycles. The zero-order valence-corrected chi connectivity index (χ0v) is 20.6. The van der Waals surface area contributed by atoms with Crippen LogP contribution in [0.3, 0.4) is 0 Å². The summed E-state index contributed by atoms with van der Waals surface area (Å²) < 4.78 is 36.4. The van der Waals surface area contributed by atoms with E-state index < -0.39 is 17.5 Å². The van der Waals surface area contributed by atoms with Gasteiger partial charge < -0.3 is 9.64 Å². The number of rotatable bonds is 9. The maximum Gasteiger partial charge on any atom is 0.257 e. The number of aromatic nitrogens is 2. The van der Waals surface area contributed by atoms with Gasteiger partial charge in [0.25, 0.3) is 5.91 Å². The van der Waals surface area contributed by atoms with Crippen LogP contribution in [0.5, 0.6) is 11.6 Å². The Kier molecular flexibility index (Phi) is 7.78. The average Bonchev–Trinajstić information content (AvgIpc) is 3.22. The Morgan fingerprint density at radius 3 is 2.39 bits per heavy atom. The molecular formula is C29H29F2N3O2. The lowest BCUT2D eigenvalue weighted by atomic mass is 10.0. The number of hydrogen-bond acceptors (Lipinski definition) is 3. The van der Waals surface area contributed by atoms with Gasteiger partial charge in [-0.2, -0.15) is 5.10 Å². The molecule has 0 spiro atoms. The predicted molar refractivity (Wildman–Crippen MR) is 136 cm³/mol. The Hall–Kier alpha value is -4.00. The molecule has 0 radical (unpaired) electrons. The Morgan fingerprint density at radius 2 is 1.72 bits per heavy atom. The molecule has 5 nitrogen and oxygen atoms in total. The van der Waals surface area contributed by atoms with Crippen molar-refractivity contribution in [2.75, 3.05) is 6.54 Å². The average molecular weight is 490 g/mol. The van der Waals surface area contributed by atoms with E-state index in [4.69, 9.17) is 9.84 Å². The minimum atomic E-state index is -0.566. The summed E-state index contributed by atoms with van der Waals surface area (Å²) in [4.78, 5) is 15.0. The number of benzene rings is 3. The summed E-state index contributed by atoms with van der Waals surface area (Å²) in [6.07, 6.45) is 0.685. The second-order valence-corrected chi connectivity index (χ2v) is 8.84. The molecule has 7 heteroatoms. The van der Waals surface area contributed by atoms with E-state index in [2.05, 4.69) is 0 Å². The molecule has 0 N–H and O–H groups in total. The smallest absolute Gasteiger partial charge is 0.257 e. The molecule has 0 saturated heterocycles. The van der Waals surface area contributed by atoms with Gasteiger partial charge in [-0.1, -0.05) is 57.2 Å². The number of halogens is 2. The van der Waals surface area contributed by atoms with Gasteiger partial charge in [0.15, 0.2) is 0 Å². The quantitative estimate of drug-likeness (QED) is 0.252. The summed E-state index contributed by atoms with van der Waals surface area (Å²) in [7, 11) is 0. The molecule has 1 amide bonds. The Bertz CT molecular complexity index is 1340. The zero-order chi connectivity index (χ0) is 25.7. The molecule has 4 aromatic rings. The van der Waals surface area contributed by atoms with Crippen molar-refractivity contribution in [2.24, 2.45) is 0 Å². The Morgan fingerprint density at radius 1 is 1.00 bits per heavy atom. The highest BCUT2D eigenvalue weighted by molar-refractivity contribution is 5.94. The molecule has 186 valence electrons. The van der Waals surface area contributed by atoms with Gasteiger partial charge in [-0.05, 0) is 48.7 Å². The third kappa shape index (κ3) is 5.46. The molecule has 0 aliphatic carbocycles. The number of amides is 1. The summed E-state index contributed by atoms with van der Waals surface area (Å²) in [5.41, 5.74) is 2.21. The van der Waals surface area contributed by atoms with Crippen molar-refractivity contribution in [3.05, 3.63) is 107 Å². The van der Waals surface area contributed by atoms with Crippen LogP contribution in [0.1, 0.15) is 54.7 Å². The van der Waals surface area contributed by atoms with E-state index in [0.717, 1.165) is 11.4 Å². The maximum absolute atomic E-state index is 14.5. The lowest BCUT2D eigenvalue weighted by molar-refractivity contribution is 0.0737. The van der Waals surface area contributed by atoms with Gasteiger partial charge in [0, 0.05) is 12.6 Å². The Balaban J connectivity index is 1.84. The monoisotopic (exact) mass is 489 g/mol. The lowest BCUT2D eigenvalue weighted by Crippen LogP contribution is -2.32. The molecule has 1 aromatic heterocycles. The van der Waals surface area contributed by atoms with E-state index in [1.165, 1.54) is 24.3 Å². The molecule has 36 heavy (non-hydrogen) atoms. The second-order valence-electron chi connectivity index (χ2n) is 8.84. The van der Waals surface area contributed by atoms with E-state index >= 15 is 0 Å². The van der Waals surface area contributed by atoms with Gasteiger partial charge in [-0.25, -0.2) is 13.5 Å². The highest BCUT2D eigenvalue weighted by Crippen LogP contribution is 2.35. The number of carbonyl (C=O) groups is 1. The zero-order valence-electron chi connectivity index (χ0n) is 20.6. The van der Waals surface area contributed by atoms with E-state index in [1.54, 1.807) is 33.8 Å². The fraction of sp³-hybridized carbons (Fsp3) is 0.241. The molecule has 0 atom stereocenters. The molecule has 0 unspecified atom stereocenters. The Labute approximate surface area is 209 Å². The fourth-order valence-corrected chi connectivity index (χ4v) is 4.07. The van der Waals surface area contributed by atoms with Crippen molar-refractivity contribution in [3.63, 3.8) is 0 Å². The summed E-state index contributed by atoms with van der Waals surface area (Å²) in [5.74, 6) is -0.695. The van der Waals surface area contributed by atoms with Gasteiger partial charge >= 0.3 is 0 Å². The fourth-order valence-electron chi connectivity index (χ4n) is 4.07. The molecular weight excluding hydrogens is 460 g/mol. The van der Waals surface area contributed by atoms with Gasteiger partial charge in [0.1, 0.15) is 17.4 Å². The molecule has 1 heterocycles. The molecule has 0 fully saturated rings. The summed E-state index contributed by atoms with van der Waals surface area (Å²) in [5, 5.41) is 4.85. The summed E-state index contributed by atoms with van der Waals surface area (Å²) in [6, 6.07) is 21.3. The molecule has 0 saturated carbocycles. The summed E-state index contributed by atoms with van der Waals surface area (Å²) in [6.45, 7) is 6.56. The lowest BCUT2D eigenvalue weighted by Gasteiger charge is -2.23. The van der Waals surface area contributed by atoms with E-state index in [9.17, 15) is 13.6 Å².